The Morgan fingerprint density at radius 1 is 1.08 bits per heavy atom. The van der Waals surface area contributed by atoms with Crippen molar-refractivity contribution in [2.75, 3.05) is 20.1 Å². The van der Waals surface area contributed by atoms with E-state index in [2.05, 4.69) is 0 Å². The number of nitrogens with zero attached hydrogens (tertiary/aromatic N) is 2. The Morgan fingerprint density at radius 2 is 1.79 bits per heavy atom. The monoisotopic (exact) mass is 348 g/mol. The molecule has 0 N–H and O–H groups in total. The zero-order valence-electron chi connectivity index (χ0n) is 14.0. The van der Waals surface area contributed by atoms with E-state index < -0.39 is 0 Å². The Morgan fingerprint density at radius 3 is 2.42 bits per heavy atom. The first-order chi connectivity index (χ1) is 11.5. The van der Waals surface area contributed by atoms with Gasteiger partial charge in [-0.05, 0) is 31.7 Å². The van der Waals surface area contributed by atoms with E-state index >= 15 is 0 Å². The molecular weight excluding hydrogens is 327 g/mol. The van der Waals surface area contributed by atoms with Gasteiger partial charge >= 0.3 is 0 Å². The lowest BCUT2D eigenvalue weighted by atomic mass is 10.2. The van der Waals surface area contributed by atoms with E-state index in [9.17, 15) is 9.18 Å². The van der Waals surface area contributed by atoms with Crippen LogP contribution in [0.2, 0.25) is 5.02 Å². The van der Waals surface area contributed by atoms with Crippen LogP contribution in [-0.2, 0) is 17.9 Å². The van der Waals surface area contributed by atoms with E-state index in [1.807, 2.05) is 37.3 Å². The van der Waals surface area contributed by atoms with Gasteiger partial charge in [-0.3, -0.25) is 9.69 Å². The first-order valence-corrected chi connectivity index (χ1v) is 8.32. The molecule has 0 fully saturated rings. The second-order valence-corrected chi connectivity index (χ2v) is 6.17. The van der Waals surface area contributed by atoms with Crippen molar-refractivity contribution < 1.29 is 9.18 Å². The van der Waals surface area contributed by atoms with Gasteiger partial charge < -0.3 is 4.90 Å². The van der Waals surface area contributed by atoms with E-state index in [-0.39, 0.29) is 18.3 Å². The molecule has 0 spiro atoms. The van der Waals surface area contributed by atoms with Gasteiger partial charge in [0.1, 0.15) is 5.82 Å². The van der Waals surface area contributed by atoms with Crippen LogP contribution in [0.1, 0.15) is 18.1 Å². The van der Waals surface area contributed by atoms with Crippen LogP contribution in [-0.4, -0.2) is 35.8 Å². The van der Waals surface area contributed by atoms with Gasteiger partial charge in [0.25, 0.3) is 0 Å². The predicted molar refractivity (Wildman–Crippen MR) is 95.3 cm³/mol. The lowest BCUT2D eigenvalue weighted by Gasteiger charge is -2.25. The van der Waals surface area contributed by atoms with Crippen molar-refractivity contribution in [3.63, 3.8) is 0 Å². The Labute approximate surface area is 147 Å². The number of likely N-dealkylation sites (N-methyl/N-ethyl adjacent to an activating group) is 2. The number of amides is 1. The highest BCUT2D eigenvalue weighted by Gasteiger charge is 2.16. The minimum absolute atomic E-state index is 0.0105. The maximum absolute atomic E-state index is 13.9. The molecule has 0 aliphatic rings. The third kappa shape index (κ3) is 5.05. The van der Waals surface area contributed by atoms with Crippen molar-refractivity contribution in [2.24, 2.45) is 0 Å². The summed E-state index contributed by atoms with van der Waals surface area (Å²) in [4.78, 5) is 16.1. The molecule has 0 unspecified atom stereocenters. The number of hydrogen-bond donors (Lipinski definition) is 0. The van der Waals surface area contributed by atoms with Crippen molar-refractivity contribution >= 4 is 17.5 Å². The lowest BCUT2D eigenvalue weighted by Crippen LogP contribution is -2.38. The standard InChI is InChI=1S/C19H22ClFN2O/c1-3-23(12-15-8-5-4-6-9-15)19(24)14-22(2)13-16-17(20)10-7-11-18(16)21/h4-11H,3,12-14H2,1-2H3. The average Bonchev–Trinajstić information content (AvgIpc) is 2.57. The molecule has 0 aliphatic heterocycles. The molecular formula is C19H22ClFN2O. The molecule has 0 atom stereocenters. The van der Waals surface area contributed by atoms with Crippen molar-refractivity contribution in [1.29, 1.82) is 0 Å². The SMILES string of the molecule is CCN(Cc1ccccc1)C(=O)CN(C)Cc1c(F)cccc1Cl. The third-order valence-electron chi connectivity index (χ3n) is 3.85. The minimum atomic E-state index is -0.349. The van der Waals surface area contributed by atoms with Crippen LogP contribution in [0.25, 0.3) is 0 Å². The van der Waals surface area contributed by atoms with Crippen molar-refractivity contribution in [2.45, 2.75) is 20.0 Å². The van der Waals surface area contributed by atoms with Crippen LogP contribution in [0.5, 0.6) is 0 Å². The summed E-state index contributed by atoms with van der Waals surface area (Å²) in [6.07, 6.45) is 0. The molecule has 128 valence electrons. The molecule has 0 radical (unpaired) electrons. The number of benzene rings is 2. The van der Waals surface area contributed by atoms with E-state index in [0.29, 0.717) is 30.2 Å². The second kappa shape index (κ2) is 8.81. The molecule has 0 aromatic heterocycles. The summed E-state index contributed by atoms with van der Waals surface area (Å²) >= 11 is 6.05. The van der Waals surface area contributed by atoms with Gasteiger partial charge in [0.05, 0.1) is 6.54 Å². The highest BCUT2D eigenvalue weighted by molar-refractivity contribution is 6.31. The predicted octanol–water partition coefficient (Wildman–Crippen LogP) is 3.96. The quantitative estimate of drug-likeness (QED) is 0.756. The van der Waals surface area contributed by atoms with Gasteiger partial charge in [-0.2, -0.15) is 0 Å². The molecule has 0 saturated carbocycles. The van der Waals surface area contributed by atoms with Crippen molar-refractivity contribution in [3.05, 3.63) is 70.5 Å². The molecule has 0 aliphatic carbocycles. The maximum atomic E-state index is 13.9. The number of rotatable bonds is 7. The van der Waals surface area contributed by atoms with Crippen molar-refractivity contribution in [1.82, 2.24) is 9.80 Å². The highest BCUT2D eigenvalue weighted by atomic mass is 35.5. The summed E-state index contributed by atoms with van der Waals surface area (Å²) in [5.41, 5.74) is 1.51. The maximum Gasteiger partial charge on any atom is 0.237 e. The molecule has 3 nitrogen and oxygen atoms in total. The number of carbonyl (C=O) groups is 1. The molecule has 1 amide bonds. The van der Waals surface area contributed by atoms with Crippen LogP contribution in [0.3, 0.4) is 0 Å². The third-order valence-corrected chi connectivity index (χ3v) is 4.20. The normalized spacial score (nSPS) is 10.9. The molecule has 0 bridgehead atoms. The Hall–Kier alpha value is -1.91. The van der Waals surface area contributed by atoms with Gasteiger partial charge in [0.15, 0.2) is 0 Å². The summed E-state index contributed by atoms with van der Waals surface area (Å²) in [6, 6.07) is 14.5. The minimum Gasteiger partial charge on any atom is -0.338 e. The first kappa shape index (κ1) is 18.4. The highest BCUT2D eigenvalue weighted by Crippen LogP contribution is 2.20. The Kier molecular flexibility index (Phi) is 6.76. The van der Waals surface area contributed by atoms with E-state index in [0.717, 1.165) is 5.56 Å². The zero-order chi connectivity index (χ0) is 17.5. The molecule has 0 heterocycles. The van der Waals surface area contributed by atoms with E-state index in [1.54, 1.807) is 29.0 Å². The van der Waals surface area contributed by atoms with Crippen LogP contribution < -0.4 is 0 Å². The lowest BCUT2D eigenvalue weighted by molar-refractivity contribution is -0.132. The molecule has 5 heteroatoms. The smallest absolute Gasteiger partial charge is 0.237 e. The van der Waals surface area contributed by atoms with Crippen molar-refractivity contribution in [3.8, 4) is 0 Å². The van der Waals surface area contributed by atoms with E-state index in [4.69, 9.17) is 11.6 Å². The second-order valence-electron chi connectivity index (χ2n) is 5.77. The van der Waals surface area contributed by atoms with E-state index in [1.165, 1.54) is 6.07 Å². The number of carbonyl (C=O) groups excluding carboxylic acids is 1. The fourth-order valence-corrected chi connectivity index (χ4v) is 2.74. The summed E-state index contributed by atoms with van der Waals surface area (Å²) in [5.74, 6) is -0.338. The summed E-state index contributed by atoms with van der Waals surface area (Å²) in [6.45, 7) is 3.66. The molecule has 0 saturated heterocycles. The fraction of sp³-hybridized carbons (Fsp3) is 0.316. The zero-order valence-corrected chi connectivity index (χ0v) is 14.8. The average molecular weight is 349 g/mol. The van der Waals surface area contributed by atoms with Gasteiger partial charge in [-0.1, -0.05) is 48.0 Å². The van der Waals surface area contributed by atoms with Crippen LogP contribution in [0, 0.1) is 5.82 Å². The number of halogens is 2. The van der Waals surface area contributed by atoms with Gasteiger partial charge in [-0.15, -0.1) is 0 Å². The Bertz CT molecular complexity index is 658. The summed E-state index contributed by atoms with van der Waals surface area (Å²) in [5, 5.41) is 0.380. The van der Waals surface area contributed by atoms with Crippen LogP contribution in [0.15, 0.2) is 48.5 Å². The van der Waals surface area contributed by atoms with Crippen LogP contribution >= 0.6 is 11.6 Å². The summed E-state index contributed by atoms with van der Waals surface area (Å²) in [7, 11) is 1.79. The van der Waals surface area contributed by atoms with Gasteiger partial charge in [0.2, 0.25) is 5.91 Å². The van der Waals surface area contributed by atoms with Crippen LogP contribution in [0.4, 0.5) is 4.39 Å². The molecule has 2 rings (SSSR count). The number of hydrogen-bond acceptors (Lipinski definition) is 2. The molecule has 2 aromatic rings. The first-order valence-electron chi connectivity index (χ1n) is 7.94. The van der Waals surface area contributed by atoms with Gasteiger partial charge in [-0.25, -0.2) is 4.39 Å². The Balaban J connectivity index is 1.96. The van der Waals surface area contributed by atoms with Gasteiger partial charge in [0, 0.05) is 30.2 Å². The summed E-state index contributed by atoms with van der Waals surface area (Å²) < 4.78 is 13.9. The largest absolute Gasteiger partial charge is 0.338 e. The molecule has 24 heavy (non-hydrogen) atoms. The molecule has 2 aromatic carbocycles. The fourth-order valence-electron chi connectivity index (χ4n) is 2.52. The topological polar surface area (TPSA) is 23.6 Å².